The Morgan fingerprint density at radius 3 is 2.23 bits per heavy atom. The molecule has 116 valence electrons. The molecule has 0 aliphatic rings. The van der Waals surface area contributed by atoms with Gasteiger partial charge in [-0.05, 0) is 48.9 Å². The number of carbonyl (C=O) groups excluding carboxylic acids is 1. The van der Waals surface area contributed by atoms with Crippen molar-refractivity contribution in [2.75, 3.05) is 0 Å². The van der Waals surface area contributed by atoms with Crippen molar-refractivity contribution in [2.24, 2.45) is 0 Å². The first-order chi connectivity index (χ1) is 10.5. The number of rotatable bonds is 5. The van der Waals surface area contributed by atoms with Crippen LogP contribution in [-0.4, -0.2) is 11.7 Å². The SMILES string of the molecule is CC(NC(=O)c1ccc(SC(F)F)cc1)c1ccc(Cl)cc1. The lowest BCUT2D eigenvalue weighted by Crippen LogP contribution is -2.26. The Kier molecular flexibility index (Phi) is 5.80. The molecule has 2 aromatic carbocycles. The number of carbonyl (C=O) groups is 1. The molecule has 0 saturated heterocycles. The fourth-order valence-corrected chi connectivity index (χ4v) is 2.53. The lowest BCUT2D eigenvalue weighted by molar-refractivity contribution is 0.0940. The molecule has 0 radical (unpaired) electrons. The quantitative estimate of drug-likeness (QED) is 0.762. The molecule has 2 aromatic rings. The molecular weight excluding hydrogens is 328 g/mol. The fourth-order valence-electron chi connectivity index (χ4n) is 1.90. The summed E-state index contributed by atoms with van der Waals surface area (Å²) in [7, 11) is 0. The van der Waals surface area contributed by atoms with E-state index < -0.39 is 5.76 Å². The third-order valence-corrected chi connectivity index (χ3v) is 4.03. The number of alkyl halides is 2. The van der Waals surface area contributed by atoms with Gasteiger partial charge in [0, 0.05) is 15.5 Å². The third kappa shape index (κ3) is 4.71. The minimum absolute atomic E-state index is 0.181. The summed E-state index contributed by atoms with van der Waals surface area (Å²) in [6, 6.07) is 13.1. The van der Waals surface area contributed by atoms with Gasteiger partial charge in [-0.25, -0.2) is 0 Å². The summed E-state index contributed by atoms with van der Waals surface area (Å²) < 4.78 is 24.5. The molecule has 1 unspecified atom stereocenters. The highest BCUT2D eigenvalue weighted by atomic mass is 35.5. The second-order valence-electron chi connectivity index (χ2n) is 4.65. The molecule has 1 N–H and O–H groups in total. The molecule has 0 bridgehead atoms. The van der Waals surface area contributed by atoms with E-state index in [0.717, 1.165) is 5.56 Å². The highest BCUT2D eigenvalue weighted by Gasteiger charge is 2.12. The average Bonchev–Trinajstić information content (AvgIpc) is 2.48. The van der Waals surface area contributed by atoms with Gasteiger partial charge in [0.2, 0.25) is 0 Å². The number of nitrogens with one attached hydrogen (secondary N) is 1. The van der Waals surface area contributed by atoms with Gasteiger partial charge in [-0.1, -0.05) is 35.5 Å². The van der Waals surface area contributed by atoms with E-state index in [9.17, 15) is 13.6 Å². The first-order valence-corrected chi connectivity index (χ1v) is 7.82. The number of hydrogen-bond acceptors (Lipinski definition) is 2. The number of halogens is 3. The van der Waals surface area contributed by atoms with Crippen molar-refractivity contribution >= 4 is 29.3 Å². The van der Waals surface area contributed by atoms with E-state index in [4.69, 9.17) is 11.6 Å². The molecule has 0 heterocycles. The Balaban J connectivity index is 2.00. The largest absolute Gasteiger partial charge is 0.346 e. The molecule has 0 saturated carbocycles. The predicted octanol–water partition coefficient (Wildman–Crippen LogP) is 5.15. The summed E-state index contributed by atoms with van der Waals surface area (Å²) in [6.45, 7) is 1.86. The van der Waals surface area contributed by atoms with E-state index in [-0.39, 0.29) is 11.9 Å². The molecule has 1 amide bonds. The van der Waals surface area contributed by atoms with Gasteiger partial charge in [0.15, 0.2) is 0 Å². The van der Waals surface area contributed by atoms with Crippen LogP contribution in [-0.2, 0) is 0 Å². The molecule has 0 aliphatic carbocycles. The zero-order valence-corrected chi connectivity index (χ0v) is 13.3. The standard InChI is InChI=1S/C16H14ClF2NOS/c1-10(11-2-6-13(17)7-3-11)20-15(21)12-4-8-14(9-5-12)22-16(18)19/h2-10,16H,1H3,(H,20,21). The molecule has 0 aromatic heterocycles. The molecule has 22 heavy (non-hydrogen) atoms. The molecule has 1 atom stereocenters. The van der Waals surface area contributed by atoms with Crippen LogP contribution in [0, 0.1) is 0 Å². The smallest absolute Gasteiger partial charge is 0.288 e. The van der Waals surface area contributed by atoms with Crippen molar-refractivity contribution < 1.29 is 13.6 Å². The summed E-state index contributed by atoms with van der Waals surface area (Å²) in [5.41, 5.74) is 1.36. The highest BCUT2D eigenvalue weighted by Crippen LogP contribution is 2.25. The van der Waals surface area contributed by atoms with Crippen molar-refractivity contribution in [2.45, 2.75) is 23.6 Å². The fraction of sp³-hybridized carbons (Fsp3) is 0.188. The first-order valence-electron chi connectivity index (χ1n) is 6.57. The summed E-state index contributed by atoms with van der Waals surface area (Å²) in [6.07, 6.45) is 0. The lowest BCUT2D eigenvalue weighted by atomic mass is 10.1. The molecule has 0 fully saturated rings. The second-order valence-corrected chi connectivity index (χ2v) is 6.15. The van der Waals surface area contributed by atoms with E-state index in [1.807, 2.05) is 19.1 Å². The maximum Gasteiger partial charge on any atom is 0.288 e. The van der Waals surface area contributed by atoms with Crippen LogP contribution >= 0.6 is 23.4 Å². The summed E-state index contributed by atoms with van der Waals surface area (Å²) in [5.74, 6) is -2.72. The Hall–Kier alpha value is -1.59. The van der Waals surface area contributed by atoms with Crippen LogP contribution in [0.4, 0.5) is 8.78 Å². The first kappa shape index (κ1) is 16.8. The topological polar surface area (TPSA) is 29.1 Å². The monoisotopic (exact) mass is 341 g/mol. The van der Waals surface area contributed by atoms with E-state index >= 15 is 0 Å². The van der Waals surface area contributed by atoms with Crippen LogP contribution in [0.5, 0.6) is 0 Å². The van der Waals surface area contributed by atoms with Gasteiger partial charge in [0.05, 0.1) is 6.04 Å². The Labute approximate surface area is 136 Å². The van der Waals surface area contributed by atoms with E-state index in [2.05, 4.69) is 5.32 Å². The van der Waals surface area contributed by atoms with Gasteiger partial charge in [-0.3, -0.25) is 4.79 Å². The van der Waals surface area contributed by atoms with Crippen LogP contribution in [0.1, 0.15) is 28.9 Å². The van der Waals surface area contributed by atoms with Crippen LogP contribution < -0.4 is 5.32 Å². The second kappa shape index (κ2) is 7.61. The van der Waals surface area contributed by atoms with Gasteiger partial charge in [0.1, 0.15) is 0 Å². The van der Waals surface area contributed by atoms with Crippen molar-refractivity contribution in [1.82, 2.24) is 5.32 Å². The summed E-state index contributed by atoms with van der Waals surface area (Å²) in [4.78, 5) is 12.6. The van der Waals surface area contributed by atoms with Crippen LogP contribution in [0.3, 0.4) is 0 Å². The highest BCUT2D eigenvalue weighted by molar-refractivity contribution is 7.99. The van der Waals surface area contributed by atoms with Crippen molar-refractivity contribution in [3.05, 3.63) is 64.7 Å². The Bertz CT molecular complexity index is 632. The van der Waals surface area contributed by atoms with Crippen molar-refractivity contribution in [3.8, 4) is 0 Å². The number of benzene rings is 2. The molecule has 0 spiro atoms. The zero-order valence-electron chi connectivity index (χ0n) is 11.7. The molecular formula is C16H14ClF2NOS. The summed E-state index contributed by atoms with van der Waals surface area (Å²) in [5, 5.41) is 3.49. The number of thioether (sulfide) groups is 1. The Morgan fingerprint density at radius 1 is 1.09 bits per heavy atom. The van der Waals surface area contributed by atoms with Crippen molar-refractivity contribution in [3.63, 3.8) is 0 Å². The van der Waals surface area contributed by atoms with E-state index in [0.29, 0.717) is 27.2 Å². The molecule has 6 heteroatoms. The Morgan fingerprint density at radius 2 is 1.68 bits per heavy atom. The predicted molar refractivity (Wildman–Crippen MR) is 85.6 cm³/mol. The van der Waals surface area contributed by atoms with Crippen LogP contribution in [0.2, 0.25) is 5.02 Å². The molecule has 2 rings (SSSR count). The van der Waals surface area contributed by atoms with Crippen molar-refractivity contribution in [1.29, 1.82) is 0 Å². The van der Waals surface area contributed by atoms with E-state index in [1.54, 1.807) is 12.1 Å². The summed E-state index contributed by atoms with van der Waals surface area (Å²) >= 11 is 6.28. The van der Waals surface area contributed by atoms with Gasteiger partial charge in [-0.15, -0.1) is 0 Å². The van der Waals surface area contributed by atoms with Gasteiger partial charge < -0.3 is 5.32 Å². The normalized spacial score (nSPS) is 12.2. The van der Waals surface area contributed by atoms with Crippen LogP contribution in [0.15, 0.2) is 53.4 Å². The lowest BCUT2D eigenvalue weighted by Gasteiger charge is -2.14. The van der Waals surface area contributed by atoms with Crippen LogP contribution in [0.25, 0.3) is 0 Å². The molecule has 0 aliphatic heterocycles. The minimum atomic E-state index is -2.47. The maximum atomic E-state index is 12.2. The number of amides is 1. The van der Waals surface area contributed by atoms with E-state index in [1.165, 1.54) is 24.3 Å². The van der Waals surface area contributed by atoms with Gasteiger partial charge in [0.25, 0.3) is 11.7 Å². The third-order valence-electron chi connectivity index (χ3n) is 3.06. The number of hydrogen-bond donors (Lipinski definition) is 1. The molecule has 2 nitrogen and oxygen atoms in total. The maximum absolute atomic E-state index is 12.2. The minimum Gasteiger partial charge on any atom is -0.346 e. The van der Waals surface area contributed by atoms with Gasteiger partial charge >= 0.3 is 0 Å². The van der Waals surface area contributed by atoms with Gasteiger partial charge in [-0.2, -0.15) is 8.78 Å². The average molecular weight is 342 g/mol. The zero-order chi connectivity index (χ0) is 16.1.